The largest absolute Gasteiger partial charge is 0.495 e. The number of halogens is 3. The minimum atomic E-state index is -4.50. The lowest BCUT2D eigenvalue weighted by molar-refractivity contribution is -0.137. The predicted molar refractivity (Wildman–Crippen MR) is 85.0 cm³/mol. The van der Waals surface area contributed by atoms with E-state index in [1.54, 1.807) is 12.1 Å². The minimum absolute atomic E-state index is 0.0358. The minimum Gasteiger partial charge on any atom is -0.495 e. The van der Waals surface area contributed by atoms with Gasteiger partial charge in [0, 0.05) is 6.20 Å². The Hall–Kier alpha value is -2.66. The Balaban J connectivity index is 1.86. The van der Waals surface area contributed by atoms with Crippen LogP contribution in [0.3, 0.4) is 0 Å². The molecule has 0 aliphatic rings. The third-order valence-electron chi connectivity index (χ3n) is 3.59. The molecule has 138 valence electrons. The van der Waals surface area contributed by atoms with Crippen molar-refractivity contribution in [2.75, 3.05) is 7.11 Å². The summed E-state index contributed by atoms with van der Waals surface area (Å²) in [6.07, 6.45) is -3.36. The fourth-order valence-electron chi connectivity index (χ4n) is 2.32. The average molecular weight is 386 g/mol. The van der Waals surface area contributed by atoms with Gasteiger partial charge in [0.05, 0.1) is 19.2 Å². The number of fused-ring (bicyclic) bond motifs is 1. The third kappa shape index (κ3) is 3.48. The number of methoxy groups -OCH3 is 1. The molecule has 26 heavy (non-hydrogen) atoms. The number of nitrogens with one attached hydrogen (secondary N) is 1. The molecule has 0 spiro atoms. The first-order chi connectivity index (χ1) is 12.2. The molecule has 2 heterocycles. The number of hydrogen-bond donors (Lipinski definition) is 1. The molecule has 11 heteroatoms. The summed E-state index contributed by atoms with van der Waals surface area (Å²) in [6.45, 7) is -0.257. The van der Waals surface area contributed by atoms with Gasteiger partial charge in [-0.25, -0.2) is 13.1 Å². The molecule has 3 aromatic rings. The van der Waals surface area contributed by atoms with Crippen molar-refractivity contribution in [2.45, 2.75) is 17.6 Å². The molecule has 3 rings (SSSR count). The van der Waals surface area contributed by atoms with Gasteiger partial charge in [-0.05, 0) is 24.3 Å². The molecule has 7 nitrogen and oxygen atoms in total. The van der Waals surface area contributed by atoms with Crippen LogP contribution in [0.1, 0.15) is 11.4 Å². The molecule has 0 fully saturated rings. The monoisotopic (exact) mass is 386 g/mol. The number of pyridine rings is 1. The summed E-state index contributed by atoms with van der Waals surface area (Å²) in [4.78, 5) is -0.0596. The van der Waals surface area contributed by atoms with Crippen LogP contribution in [0.15, 0.2) is 47.5 Å². The molecule has 0 radical (unpaired) electrons. The third-order valence-corrected chi connectivity index (χ3v) is 5.03. The van der Waals surface area contributed by atoms with Crippen molar-refractivity contribution in [2.24, 2.45) is 0 Å². The molecule has 0 saturated carbocycles. The van der Waals surface area contributed by atoms with Gasteiger partial charge in [0.25, 0.3) is 0 Å². The van der Waals surface area contributed by atoms with Crippen LogP contribution < -0.4 is 9.46 Å². The van der Waals surface area contributed by atoms with Crippen LogP contribution >= 0.6 is 0 Å². The van der Waals surface area contributed by atoms with Gasteiger partial charge < -0.3 is 4.74 Å². The fourth-order valence-corrected chi connectivity index (χ4v) is 3.46. The first-order valence-electron chi connectivity index (χ1n) is 7.26. The predicted octanol–water partition coefficient (Wildman–Crippen LogP) is 2.24. The van der Waals surface area contributed by atoms with Gasteiger partial charge in [-0.1, -0.05) is 12.1 Å². The highest BCUT2D eigenvalue weighted by Gasteiger charge is 2.31. The van der Waals surface area contributed by atoms with Gasteiger partial charge in [0.2, 0.25) is 10.0 Å². The van der Waals surface area contributed by atoms with E-state index in [-0.39, 0.29) is 28.7 Å². The summed E-state index contributed by atoms with van der Waals surface area (Å²) >= 11 is 0. The van der Waals surface area contributed by atoms with Crippen LogP contribution in [0.25, 0.3) is 5.65 Å². The van der Waals surface area contributed by atoms with E-state index in [4.69, 9.17) is 4.74 Å². The molecule has 2 aromatic heterocycles. The van der Waals surface area contributed by atoms with Crippen LogP contribution in [0.2, 0.25) is 0 Å². The molecular formula is C15H13F3N4O3S. The zero-order chi connectivity index (χ0) is 18.9. The molecule has 0 atom stereocenters. The highest BCUT2D eigenvalue weighted by molar-refractivity contribution is 7.89. The number of benzene rings is 1. The van der Waals surface area contributed by atoms with Gasteiger partial charge in [-0.3, -0.25) is 4.40 Å². The molecule has 0 saturated heterocycles. The van der Waals surface area contributed by atoms with Crippen LogP contribution in [-0.2, 0) is 22.7 Å². The molecule has 0 aliphatic heterocycles. The Bertz CT molecular complexity index is 1050. The summed E-state index contributed by atoms with van der Waals surface area (Å²) in [5.74, 6) is 0.313. The molecule has 0 aliphatic carbocycles. The van der Waals surface area contributed by atoms with Crippen molar-refractivity contribution in [3.63, 3.8) is 0 Å². The number of rotatable bonds is 5. The van der Waals surface area contributed by atoms with Crippen molar-refractivity contribution >= 4 is 15.7 Å². The summed E-state index contributed by atoms with van der Waals surface area (Å²) in [5, 5.41) is 7.40. The van der Waals surface area contributed by atoms with Crippen molar-refractivity contribution in [3.05, 3.63) is 54.0 Å². The number of para-hydroxylation sites is 1. The molecular weight excluding hydrogens is 373 g/mol. The van der Waals surface area contributed by atoms with Gasteiger partial charge in [0.15, 0.2) is 11.5 Å². The van der Waals surface area contributed by atoms with Gasteiger partial charge >= 0.3 is 6.18 Å². The van der Waals surface area contributed by atoms with E-state index in [2.05, 4.69) is 14.9 Å². The fraction of sp³-hybridized carbons (Fsp3) is 0.200. The zero-order valence-electron chi connectivity index (χ0n) is 13.4. The number of ether oxygens (including phenoxy) is 1. The van der Waals surface area contributed by atoms with E-state index < -0.39 is 21.8 Å². The van der Waals surface area contributed by atoms with E-state index in [1.165, 1.54) is 23.6 Å². The van der Waals surface area contributed by atoms with Gasteiger partial charge in [-0.2, -0.15) is 13.2 Å². The second kappa shape index (κ2) is 6.57. The normalized spacial score (nSPS) is 12.5. The van der Waals surface area contributed by atoms with Crippen molar-refractivity contribution in [1.29, 1.82) is 0 Å². The van der Waals surface area contributed by atoms with E-state index in [1.807, 2.05) is 0 Å². The maximum absolute atomic E-state index is 12.7. The highest BCUT2D eigenvalue weighted by atomic mass is 32.2. The Morgan fingerprint density at radius 2 is 1.92 bits per heavy atom. The molecule has 1 N–H and O–H groups in total. The summed E-state index contributed by atoms with van der Waals surface area (Å²) in [7, 11) is -2.57. The lowest BCUT2D eigenvalue weighted by atomic mass is 10.2. The van der Waals surface area contributed by atoms with Crippen LogP contribution in [0.5, 0.6) is 5.75 Å². The molecule has 0 bridgehead atoms. The SMILES string of the molecule is COc1ccccc1S(=O)(=O)NCc1nnc2cc(C(F)(F)F)ccn12. The Kier molecular flexibility index (Phi) is 4.59. The second-order valence-electron chi connectivity index (χ2n) is 5.23. The van der Waals surface area contributed by atoms with Gasteiger partial charge in [0.1, 0.15) is 10.6 Å². The first-order valence-corrected chi connectivity index (χ1v) is 8.74. The highest BCUT2D eigenvalue weighted by Crippen LogP contribution is 2.29. The second-order valence-corrected chi connectivity index (χ2v) is 6.97. The van der Waals surface area contributed by atoms with E-state index >= 15 is 0 Å². The van der Waals surface area contributed by atoms with Gasteiger partial charge in [-0.15, -0.1) is 10.2 Å². The number of nitrogens with zero attached hydrogens (tertiary/aromatic N) is 3. The van der Waals surface area contributed by atoms with Crippen molar-refractivity contribution < 1.29 is 26.3 Å². The number of sulfonamides is 1. The van der Waals surface area contributed by atoms with Crippen LogP contribution in [0, 0.1) is 0 Å². The standard InChI is InChI=1S/C15H13F3N4O3S/c1-25-11-4-2-3-5-12(11)26(23,24)19-9-14-21-20-13-8-10(15(16,17)18)6-7-22(13)14/h2-8,19H,9H2,1H3. The smallest absolute Gasteiger partial charge is 0.416 e. The molecule has 0 amide bonds. The molecule has 1 aromatic carbocycles. The first kappa shape index (κ1) is 18.1. The van der Waals surface area contributed by atoms with Crippen LogP contribution in [0.4, 0.5) is 13.2 Å². The number of alkyl halides is 3. The molecule has 0 unspecified atom stereocenters. The Labute approximate surface area is 146 Å². The summed E-state index contributed by atoms with van der Waals surface area (Å²) in [6, 6.07) is 7.75. The van der Waals surface area contributed by atoms with Crippen molar-refractivity contribution in [1.82, 2.24) is 19.3 Å². The topological polar surface area (TPSA) is 85.6 Å². The average Bonchev–Trinajstić information content (AvgIpc) is 3.01. The summed E-state index contributed by atoms with van der Waals surface area (Å²) < 4.78 is 71.7. The lowest BCUT2D eigenvalue weighted by Gasteiger charge is -2.10. The summed E-state index contributed by atoms with van der Waals surface area (Å²) in [5.41, 5.74) is -0.898. The zero-order valence-corrected chi connectivity index (χ0v) is 14.2. The lowest BCUT2D eigenvalue weighted by Crippen LogP contribution is -2.24. The number of aromatic nitrogens is 3. The Morgan fingerprint density at radius 3 is 2.62 bits per heavy atom. The van der Waals surface area contributed by atoms with Crippen molar-refractivity contribution in [3.8, 4) is 5.75 Å². The Morgan fingerprint density at radius 1 is 1.19 bits per heavy atom. The van der Waals surface area contributed by atoms with Crippen LogP contribution in [-0.4, -0.2) is 30.1 Å². The number of hydrogen-bond acceptors (Lipinski definition) is 5. The maximum atomic E-state index is 12.7. The van der Waals surface area contributed by atoms with E-state index in [0.717, 1.165) is 18.3 Å². The quantitative estimate of drug-likeness (QED) is 0.727. The van der Waals surface area contributed by atoms with E-state index in [9.17, 15) is 21.6 Å². The maximum Gasteiger partial charge on any atom is 0.416 e. The van der Waals surface area contributed by atoms with E-state index in [0.29, 0.717) is 0 Å².